The summed E-state index contributed by atoms with van der Waals surface area (Å²) in [4.78, 5) is 0. The normalized spacial score (nSPS) is 20.9. The van der Waals surface area contributed by atoms with Crippen LogP contribution in [0.25, 0.3) is 0 Å². The Labute approximate surface area is 74.1 Å². The van der Waals surface area contributed by atoms with Gasteiger partial charge in [0.15, 0.2) is 0 Å². The molecular formula is C10H16N2. The lowest BCUT2D eigenvalue weighted by Crippen LogP contribution is -2.08. The molecular weight excluding hydrogens is 148 g/mol. The summed E-state index contributed by atoms with van der Waals surface area (Å²) >= 11 is 0. The van der Waals surface area contributed by atoms with E-state index in [0.29, 0.717) is 5.92 Å². The molecule has 1 aliphatic rings. The summed E-state index contributed by atoms with van der Waals surface area (Å²) in [5.74, 6) is 0.451. The summed E-state index contributed by atoms with van der Waals surface area (Å²) in [6, 6.07) is 0. The molecule has 12 heavy (non-hydrogen) atoms. The minimum absolute atomic E-state index is 0.0418. The van der Waals surface area contributed by atoms with Crippen LogP contribution < -0.4 is 0 Å². The maximum absolute atomic E-state index is 4.12. The highest BCUT2D eigenvalue weighted by atomic mass is 15.2. The topological polar surface area (TPSA) is 24.7 Å². The third-order valence-corrected chi connectivity index (χ3v) is 1.84. The van der Waals surface area contributed by atoms with Gasteiger partial charge >= 0.3 is 0 Å². The largest absolute Gasteiger partial charge is 0.162 e. The first-order chi connectivity index (χ1) is 5.51. The van der Waals surface area contributed by atoms with Crippen molar-refractivity contribution in [3.8, 4) is 0 Å². The Bertz CT molecular complexity index is 245. The van der Waals surface area contributed by atoms with Crippen molar-refractivity contribution in [3.05, 3.63) is 12.2 Å². The molecule has 0 fully saturated rings. The molecule has 0 bridgehead atoms. The molecule has 2 nitrogen and oxygen atoms in total. The molecule has 0 aromatic heterocycles. The van der Waals surface area contributed by atoms with Gasteiger partial charge in [-0.25, -0.2) is 0 Å². The van der Waals surface area contributed by atoms with Gasteiger partial charge in [0.1, 0.15) is 0 Å². The van der Waals surface area contributed by atoms with E-state index in [1.54, 1.807) is 0 Å². The van der Waals surface area contributed by atoms with Crippen LogP contribution in [0.5, 0.6) is 0 Å². The molecule has 1 heterocycles. The standard InChI is InChI=1S/C10H16N2/c1-8(2)9-5-6-10(3,4)7-11-12-9/h5-8H,1-4H3. The van der Waals surface area contributed by atoms with Crippen molar-refractivity contribution >= 4 is 11.9 Å². The van der Waals surface area contributed by atoms with Gasteiger partial charge in [-0.3, -0.25) is 0 Å². The first-order valence-corrected chi connectivity index (χ1v) is 4.32. The maximum atomic E-state index is 4.12. The predicted octanol–water partition coefficient (Wildman–Crippen LogP) is 2.67. The summed E-state index contributed by atoms with van der Waals surface area (Å²) in [6.07, 6.45) is 6.08. The number of nitrogens with zero attached hydrogens (tertiary/aromatic N) is 2. The third kappa shape index (κ3) is 2.29. The van der Waals surface area contributed by atoms with Crippen LogP contribution in [0, 0.1) is 11.3 Å². The van der Waals surface area contributed by atoms with E-state index >= 15 is 0 Å². The minimum Gasteiger partial charge on any atom is -0.162 e. The van der Waals surface area contributed by atoms with Crippen molar-refractivity contribution < 1.29 is 0 Å². The van der Waals surface area contributed by atoms with Crippen molar-refractivity contribution in [1.82, 2.24) is 0 Å². The Hall–Kier alpha value is -0.920. The molecule has 0 aromatic carbocycles. The van der Waals surface area contributed by atoms with Crippen molar-refractivity contribution in [1.29, 1.82) is 0 Å². The third-order valence-electron chi connectivity index (χ3n) is 1.84. The fraction of sp³-hybridized carbons (Fsp3) is 0.600. The SMILES string of the molecule is CC(C)C1=NN=CC(C)(C)C=C1. The van der Waals surface area contributed by atoms with E-state index < -0.39 is 0 Å². The van der Waals surface area contributed by atoms with E-state index in [9.17, 15) is 0 Å². The van der Waals surface area contributed by atoms with Gasteiger partial charge in [-0.1, -0.05) is 33.8 Å². The maximum Gasteiger partial charge on any atom is 0.0652 e. The number of hydrogen-bond donors (Lipinski definition) is 0. The van der Waals surface area contributed by atoms with Gasteiger partial charge in [-0.2, -0.15) is 10.2 Å². The molecule has 0 atom stereocenters. The van der Waals surface area contributed by atoms with Gasteiger partial charge in [-0.05, 0) is 12.0 Å². The molecule has 0 unspecified atom stereocenters. The monoisotopic (exact) mass is 164 g/mol. The van der Waals surface area contributed by atoms with Crippen molar-refractivity contribution in [2.24, 2.45) is 21.5 Å². The second kappa shape index (κ2) is 3.21. The minimum atomic E-state index is 0.0418. The lowest BCUT2D eigenvalue weighted by molar-refractivity contribution is 0.693. The van der Waals surface area contributed by atoms with Crippen molar-refractivity contribution in [2.45, 2.75) is 27.7 Å². The van der Waals surface area contributed by atoms with Crippen LogP contribution >= 0.6 is 0 Å². The highest BCUT2D eigenvalue weighted by Gasteiger charge is 2.13. The molecule has 0 saturated heterocycles. The molecule has 66 valence electrons. The molecule has 0 aliphatic carbocycles. The summed E-state index contributed by atoms with van der Waals surface area (Å²) in [5.41, 5.74) is 1.09. The second-order valence-electron chi connectivity index (χ2n) is 4.08. The number of hydrogen-bond acceptors (Lipinski definition) is 2. The molecule has 0 amide bonds. The zero-order chi connectivity index (χ0) is 9.19. The van der Waals surface area contributed by atoms with E-state index in [1.165, 1.54) is 0 Å². The average molecular weight is 164 g/mol. The molecule has 1 aliphatic heterocycles. The molecule has 0 spiro atoms. The zero-order valence-corrected chi connectivity index (χ0v) is 8.20. The van der Waals surface area contributed by atoms with Crippen LogP contribution in [0.2, 0.25) is 0 Å². The van der Waals surface area contributed by atoms with Gasteiger partial charge in [0.05, 0.1) is 5.71 Å². The van der Waals surface area contributed by atoms with Gasteiger partial charge < -0.3 is 0 Å². The number of allylic oxidation sites excluding steroid dienone is 2. The smallest absolute Gasteiger partial charge is 0.0652 e. The molecule has 0 N–H and O–H groups in total. The van der Waals surface area contributed by atoms with Crippen LogP contribution in [-0.2, 0) is 0 Å². The van der Waals surface area contributed by atoms with Gasteiger partial charge in [0.25, 0.3) is 0 Å². The predicted molar refractivity (Wildman–Crippen MR) is 53.7 cm³/mol. The van der Waals surface area contributed by atoms with Crippen molar-refractivity contribution in [2.75, 3.05) is 0 Å². The van der Waals surface area contributed by atoms with Gasteiger partial charge in [0, 0.05) is 11.6 Å². The van der Waals surface area contributed by atoms with Crippen LogP contribution in [0.4, 0.5) is 0 Å². The van der Waals surface area contributed by atoms with E-state index in [-0.39, 0.29) is 5.41 Å². The highest BCUT2D eigenvalue weighted by Crippen LogP contribution is 2.17. The second-order valence-corrected chi connectivity index (χ2v) is 4.08. The Morgan fingerprint density at radius 2 is 2.00 bits per heavy atom. The molecule has 0 saturated carbocycles. The van der Waals surface area contributed by atoms with E-state index in [1.807, 2.05) is 6.21 Å². The van der Waals surface area contributed by atoms with Crippen LogP contribution in [0.15, 0.2) is 22.4 Å². The zero-order valence-electron chi connectivity index (χ0n) is 8.20. The Balaban J connectivity index is 2.86. The highest BCUT2D eigenvalue weighted by molar-refractivity contribution is 5.97. The molecule has 2 heteroatoms. The van der Waals surface area contributed by atoms with Crippen LogP contribution in [0.3, 0.4) is 0 Å². The molecule has 0 aromatic rings. The number of rotatable bonds is 1. The summed E-state index contributed by atoms with van der Waals surface area (Å²) in [6.45, 7) is 8.48. The first-order valence-electron chi connectivity index (χ1n) is 4.32. The lowest BCUT2D eigenvalue weighted by Gasteiger charge is -2.10. The Morgan fingerprint density at radius 1 is 1.33 bits per heavy atom. The van der Waals surface area contributed by atoms with E-state index in [4.69, 9.17) is 0 Å². The van der Waals surface area contributed by atoms with Crippen molar-refractivity contribution in [3.63, 3.8) is 0 Å². The summed E-state index contributed by atoms with van der Waals surface area (Å²) < 4.78 is 0. The molecule has 1 rings (SSSR count). The first kappa shape index (κ1) is 9.17. The average Bonchev–Trinajstić information content (AvgIpc) is 2.10. The Kier molecular flexibility index (Phi) is 2.46. The van der Waals surface area contributed by atoms with Gasteiger partial charge in [0.2, 0.25) is 0 Å². The fourth-order valence-corrected chi connectivity index (χ4v) is 0.929. The van der Waals surface area contributed by atoms with E-state index in [0.717, 1.165) is 5.71 Å². The van der Waals surface area contributed by atoms with Crippen LogP contribution in [0.1, 0.15) is 27.7 Å². The van der Waals surface area contributed by atoms with Crippen LogP contribution in [-0.4, -0.2) is 11.9 Å². The molecule has 0 radical (unpaired) electrons. The Morgan fingerprint density at radius 3 is 2.58 bits per heavy atom. The summed E-state index contributed by atoms with van der Waals surface area (Å²) in [7, 11) is 0. The lowest BCUT2D eigenvalue weighted by atomic mass is 9.94. The van der Waals surface area contributed by atoms with E-state index in [2.05, 4.69) is 50.0 Å². The summed E-state index contributed by atoms with van der Waals surface area (Å²) in [5, 5.41) is 8.14. The fourth-order valence-electron chi connectivity index (χ4n) is 0.929. The van der Waals surface area contributed by atoms with Gasteiger partial charge in [-0.15, -0.1) is 0 Å². The quantitative estimate of drug-likeness (QED) is 0.569.